The minimum atomic E-state index is -0.0474. The fraction of sp³-hybridized carbons (Fsp3) is 0.333. The van der Waals surface area contributed by atoms with Gasteiger partial charge in [-0.15, -0.1) is 0 Å². The highest BCUT2D eigenvalue weighted by Gasteiger charge is 2.23. The van der Waals surface area contributed by atoms with Crippen molar-refractivity contribution in [2.75, 3.05) is 13.1 Å². The van der Waals surface area contributed by atoms with Crippen LogP contribution in [0.1, 0.15) is 24.4 Å². The predicted molar refractivity (Wildman–Crippen MR) is 91.6 cm³/mol. The summed E-state index contributed by atoms with van der Waals surface area (Å²) < 4.78 is 1.75. The second-order valence-corrected chi connectivity index (χ2v) is 6.22. The maximum Gasteiger partial charge on any atom is 0.280 e. The number of fused-ring (bicyclic) bond motifs is 1. The summed E-state index contributed by atoms with van der Waals surface area (Å²) in [6, 6.07) is 7.81. The van der Waals surface area contributed by atoms with Gasteiger partial charge in [-0.2, -0.15) is 0 Å². The van der Waals surface area contributed by atoms with E-state index in [1.165, 1.54) is 5.56 Å². The van der Waals surface area contributed by atoms with Crippen molar-refractivity contribution >= 4 is 11.0 Å². The third kappa shape index (κ3) is 2.92. The van der Waals surface area contributed by atoms with Crippen molar-refractivity contribution in [1.82, 2.24) is 24.4 Å². The van der Waals surface area contributed by atoms with Crippen LogP contribution in [0.2, 0.25) is 0 Å². The molecular weight excluding hydrogens is 302 g/mol. The van der Waals surface area contributed by atoms with Crippen molar-refractivity contribution < 1.29 is 0 Å². The number of rotatable bonds is 3. The van der Waals surface area contributed by atoms with Gasteiger partial charge in [-0.25, -0.2) is 9.97 Å². The highest BCUT2D eigenvalue weighted by molar-refractivity contribution is 5.71. The van der Waals surface area contributed by atoms with Crippen molar-refractivity contribution in [2.24, 2.45) is 0 Å². The lowest BCUT2D eigenvalue weighted by molar-refractivity contribution is 0.168. The van der Waals surface area contributed by atoms with Gasteiger partial charge >= 0.3 is 0 Å². The number of pyridine rings is 2. The van der Waals surface area contributed by atoms with Crippen LogP contribution >= 0.6 is 0 Å². The van der Waals surface area contributed by atoms with Crippen LogP contribution in [0.15, 0.2) is 54.0 Å². The molecule has 0 aliphatic carbocycles. The number of hydrogen-bond acceptors (Lipinski definition) is 5. The number of aromatic nitrogens is 4. The Hall–Kier alpha value is -2.60. The van der Waals surface area contributed by atoms with Crippen molar-refractivity contribution in [3.8, 4) is 0 Å². The van der Waals surface area contributed by atoms with Gasteiger partial charge in [0.1, 0.15) is 0 Å². The highest BCUT2D eigenvalue weighted by atomic mass is 16.1. The van der Waals surface area contributed by atoms with E-state index in [-0.39, 0.29) is 11.6 Å². The maximum absolute atomic E-state index is 12.7. The number of nitrogens with zero attached hydrogens (tertiary/aromatic N) is 5. The molecule has 0 unspecified atom stereocenters. The molecule has 4 rings (SSSR count). The van der Waals surface area contributed by atoms with Gasteiger partial charge in [0.15, 0.2) is 5.52 Å². The first-order valence-electron chi connectivity index (χ1n) is 8.24. The normalized spacial score (nSPS) is 18.8. The third-order valence-electron chi connectivity index (χ3n) is 4.55. The zero-order valence-corrected chi connectivity index (χ0v) is 13.4. The minimum Gasteiger partial charge on any atom is -0.297 e. The van der Waals surface area contributed by atoms with Gasteiger partial charge in [0.05, 0.1) is 17.9 Å². The molecule has 0 aromatic carbocycles. The van der Waals surface area contributed by atoms with Crippen molar-refractivity contribution in [3.05, 3.63) is 65.1 Å². The Labute approximate surface area is 139 Å². The lowest BCUT2D eigenvalue weighted by atomic mass is 10.0. The zero-order valence-electron chi connectivity index (χ0n) is 13.4. The summed E-state index contributed by atoms with van der Waals surface area (Å²) in [5, 5.41) is 0. The summed E-state index contributed by atoms with van der Waals surface area (Å²) >= 11 is 0. The van der Waals surface area contributed by atoms with Crippen LogP contribution in [0.3, 0.4) is 0 Å². The lowest BCUT2D eigenvalue weighted by Crippen LogP contribution is -2.39. The van der Waals surface area contributed by atoms with E-state index in [0.29, 0.717) is 11.0 Å². The molecule has 3 aromatic heterocycles. The summed E-state index contributed by atoms with van der Waals surface area (Å²) in [6.45, 7) is 2.74. The molecule has 0 radical (unpaired) electrons. The monoisotopic (exact) mass is 321 g/mol. The molecule has 0 bridgehead atoms. The van der Waals surface area contributed by atoms with E-state index in [1.54, 1.807) is 29.4 Å². The van der Waals surface area contributed by atoms with Crippen LogP contribution in [-0.2, 0) is 6.54 Å². The fourth-order valence-electron chi connectivity index (χ4n) is 3.38. The molecule has 0 saturated carbocycles. The van der Waals surface area contributed by atoms with Crippen LogP contribution < -0.4 is 5.56 Å². The summed E-state index contributed by atoms with van der Waals surface area (Å²) in [4.78, 5) is 27.9. The predicted octanol–water partition coefficient (Wildman–Crippen LogP) is 2.02. The lowest BCUT2D eigenvalue weighted by Gasteiger charge is -2.33. The van der Waals surface area contributed by atoms with E-state index in [9.17, 15) is 4.79 Å². The zero-order chi connectivity index (χ0) is 16.4. The molecule has 4 heterocycles. The first kappa shape index (κ1) is 15.0. The second-order valence-electron chi connectivity index (χ2n) is 6.22. The van der Waals surface area contributed by atoms with Gasteiger partial charge in [-0.1, -0.05) is 6.07 Å². The Morgan fingerprint density at radius 2 is 2.08 bits per heavy atom. The molecule has 1 fully saturated rings. The minimum absolute atomic E-state index is 0.0474. The van der Waals surface area contributed by atoms with Crippen molar-refractivity contribution in [1.29, 1.82) is 0 Å². The number of piperidine rings is 1. The Kier molecular flexibility index (Phi) is 4.04. The van der Waals surface area contributed by atoms with Gasteiger partial charge in [-0.05, 0) is 43.1 Å². The molecule has 0 spiro atoms. The van der Waals surface area contributed by atoms with Gasteiger partial charge in [0.25, 0.3) is 5.56 Å². The smallest absolute Gasteiger partial charge is 0.280 e. The van der Waals surface area contributed by atoms with Crippen LogP contribution in [0.4, 0.5) is 0 Å². The van der Waals surface area contributed by atoms with Crippen molar-refractivity contribution in [2.45, 2.75) is 25.4 Å². The van der Waals surface area contributed by atoms with Crippen LogP contribution in [0.25, 0.3) is 11.0 Å². The van der Waals surface area contributed by atoms with E-state index in [2.05, 4.69) is 25.9 Å². The molecule has 3 aromatic rings. The number of hydrogen-bond donors (Lipinski definition) is 0. The molecule has 1 aliphatic heterocycles. The Bertz CT molecular complexity index is 893. The average Bonchev–Trinajstić information content (AvgIpc) is 2.63. The molecule has 6 heteroatoms. The van der Waals surface area contributed by atoms with E-state index in [0.717, 1.165) is 32.5 Å². The van der Waals surface area contributed by atoms with E-state index >= 15 is 0 Å². The molecule has 1 atom stereocenters. The third-order valence-corrected chi connectivity index (χ3v) is 4.55. The van der Waals surface area contributed by atoms with Gasteiger partial charge in [0.2, 0.25) is 0 Å². The molecule has 0 N–H and O–H groups in total. The Morgan fingerprint density at radius 1 is 1.17 bits per heavy atom. The van der Waals surface area contributed by atoms with E-state index in [1.807, 2.05) is 18.3 Å². The summed E-state index contributed by atoms with van der Waals surface area (Å²) in [6.07, 6.45) is 9.06. The first-order valence-corrected chi connectivity index (χ1v) is 8.24. The topological polar surface area (TPSA) is 63.9 Å². The van der Waals surface area contributed by atoms with Crippen LogP contribution in [-0.4, -0.2) is 37.5 Å². The first-order chi connectivity index (χ1) is 11.8. The van der Waals surface area contributed by atoms with Gasteiger partial charge in [0, 0.05) is 31.7 Å². The summed E-state index contributed by atoms with van der Waals surface area (Å²) in [7, 11) is 0. The van der Waals surface area contributed by atoms with E-state index in [4.69, 9.17) is 0 Å². The molecule has 1 saturated heterocycles. The highest BCUT2D eigenvalue weighted by Crippen LogP contribution is 2.21. The molecule has 1 aliphatic rings. The number of likely N-dealkylation sites (tertiary alicyclic amines) is 1. The van der Waals surface area contributed by atoms with Crippen LogP contribution in [0, 0.1) is 0 Å². The second kappa shape index (κ2) is 6.49. The Balaban J connectivity index is 1.58. The SMILES string of the molecule is O=c1c2ncccc2ncn1[C@@H]1CCCN(Cc2cccnc2)C1. The van der Waals surface area contributed by atoms with Gasteiger partial charge < -0.3 is 0 Å². The average molecular weight is 321 g/mol. The Morgan fingerprint density at radius 3 is 2.96 bits per heavy atom. The molecular formula is C18H19N5O. The fourth-order valence-corrected chi connectivity index (χ4v) is 3.38. The quantitative estimate of drug-likeness (QED) is 0.738. The maximum atomic E-state index is 12.7. The standard InChI is InChI=1S/C18H19N5O/c24-18-17-16(6-2-8-20-17)21-13-23(18)15-5-3-9-22(12-15)11-14-4-1-7-19-10-14/h1-2,4,6-8,10,13,15H,3,5,9,11-12H2/t15-/m1/s1. The molecule has 6 nitrogen and oxygen atoms in total. The summed E-state index contributed by atoms with van der Waals surface area (Å²) in [5.41, 5.74) is 2.25. The largest absolute Gasteiger partial charge is 0.297 e. The molecule has 122 valence electrons. The van der Waals surface area contributed by atoms with Crippen molar-refractivity contribution in [3.63, 3.8) is 0 Å². The summed E-state index contributed by atoms with van der Waals surface area (Å²) in [5.74, 6) is 0. The molecule has 0 amide bonds. The van der Waals surface area contributed by atoms with Gasteiger partial charge in [-0.3, -0.25) is 19.2 Å². The van der Waals surface area contributed by atoms with Crippen LogP contribution in [0.5, 0.6) is 0 Å². The molecule has 24 heavy (non-hydrogen) atoms. The van der Waals surface area contributed by atoms with E-state index < -0.39 is 0 Å².